The molecular weight excluding hydrogens is 326 g/mol. The van der Waals surface area contributed by atoms with E-state index < -0.39 is 18.0 Å². The summed E-state index contributed by atoms with van der Waals surface area (Å²) < 4.78 is 6.41. The van der Waals surface area contributed by atoms with Gasteiger partial charge in [-0.3, -0.25) is 9.59 Å². The highest BCUT2D eigenvalue weighted by atomic mass is 79.9. The maximum absolute atomic E-state index is 12.2. The molecule has 5 nitrogen and oxygen atoms in total. The highest BCUT2D eigenvalue weighted by Gasteiger charge is 2.33. The van der Waals surface area contributed by atoms with Crippen LogP contribution < -0.4 is 4.74 Å². The van der Waals surface area contributed by atoms with Gasteiger partial charge in [0, 0.05) is 13.1 Å². The molecule has 0 saturated carbocycles. The number of amides is 1. The summed E-state index contributed by atoms with van der Waals surface area (Å²) in [5.74, 6) is -0.888. The van der Waals surface area contributed by atoms with E-state index >= 15 is 0 Å². The lowest BCUT2D eigenvalue weighted by Crippen LogP contribution is -2.39. The predicted molar refractivity (Wildman–Crippen MR) is 76.6 cm³/mol. The molecule has 0 unspecified atom stereocenters. The second-order valence-corrected chi connectivity index (χ2v) is 5.65. The maximum Gasteiger partial charge on any atom is 0.308 e. The average molecular weight is 342 g/mol. The van der Waals surface area contributed by atoms with E-state index in [4.69, 9.17) is 9.84 Å². The molecular formula is C14H16BrNO4. The predicted octanol–water partition coefficient (Wildman–Crippen LogP) is 2.15. The minimum absolute atomic E-state index is 0.176. The standard InChI is InChI=1S/C14H16BrNO4/c1-9(20-12-5-3-2-4-11(12)15)13(17)16-7-6-10(8-16)14(18)19/h2-5,9-10H,6-8H2,1H3,(H,18,19)/t9-,10-/m0/s1. The van der Waals surface area contributed by atoms with Crippen LogP contribution in [0, 0.1) is 5.92 Å². The van der Waals surface area contributed by atoms with Crippen LogP contribution in [0.2, 0.25) is 0 Å². The number of aliphatic carboxylic acids is 1. The molecule has 1 saturated heterocycles. The molecule has 6 heteroatoms. The third-order valence-electron chi connectivity index (χ3n) is 3.34. The van der Waals surface area contributed by atoms with Crippen molar-refractivity contribution in [2.75, 3.05) is 13.1 Å². The Morgan fingerprint density at radius 1 is 1.45 bits per heavy atom. The van der Waals surface area contributed by atoms with Gasteiger partial charge in [-0.2, -0.15) is 0 Å². The van der Waals surface area contributed by atoms with Crippen LogP contribution in [0.1, 0.15) is 13.3 Å². The molecule has 1 aliphatic heterocycles. The van der Waals surface area contributed by atoms with E-state index in [2.05, 4.69) is 15.9 Å². The first-order chi connectivity index (χ1) is 9.49. The molecule has 108 valence electrons. The number of para-hydroxylation sites is 1. The molecule has 0 aliphatic carbocycles. The number of nitrogens with zero attached hydrogens (tertiary/aromatic N) is 1. The van der Waals surface area contributed by atoms with Crippen LogP contribution in [0.3, 0.4) is 0 Å². The molecule has 1 heterocycles. The Kier molecular flexibility index (Phi) is 4.65. The number of carbonyl (C=O) groups excluding carboxylic acids is 1. The molecule has 1 aromatic carbocycles. The molecule has 0 spiro atoms. The fraction of sp³-hybridized carbons (Fsp3) is 0.429. The number of rotatable bonds is 4. The van der Waals surface area contributed by atoms with Crippen LogP contribution in [0.5, 0.6) is 5.75 Å². The van der Waals surface area contributed by atoms with Gasteiger partial charge < -0.3 is 14.7 Å². The van der Waals surface area contributed by atoms with E-state index in [0.717, 1.165) is 4.47 Å². The number of benzene rings is 1. The Morgan fingerprint density at radius 3 is 2.75 bits per heavy atom. The second kappa shape index (κ2) is 6.26. The van der Waals surface area contributed by atoms with Crippen molar-refractivity contribution in [1.82, 2.24) is 4.90 Å². The van der Waals surface area contributed by atoms with Gasteiger partial charge in [-0.05, 0) is 41.4 Å². The number of halogens is 1. The molecule has 0 radical (unpaired) electrons. The van der Waals surface area contributed by atoms with Crippen LogP contribution in [0.15, 0.2) is 28.7 Å². The van der Waals surface area contributed by atoms with Gasteiger partial charge in [-0.25, -0.2) is 0 Å². The molecule has 1 aliphatic rings. The molecule has 0 bridgehead atoms. The van der Waals surface area contributed by atoms with Crippen LogP contribution in [-0.2, 0) is 9.59 Å². The van der Waals surface area contributed by atoms with E-state index in [-0.39, 0.29) is 12.5 Å². The summed E-state index contributed by atoms with van der Waals surface area (Å²) in [7, 11) is 0. The SMILES string of the molecule is C[C@H](Oc1ccccc1Br)C(=O)N1CC[C@H](C(=O)O)C1. The van der Waals surface area contributed by atoms with E-state index in [9.17, 15) is 9.59 Å². The molecule has 1 fully saturated rings. The van der Waals surface area contributed by atoms with Crippen molar-refractivity contribution in [3.63, 3.8) is 0 Å². The van der Waals surface area contributed by atoms with Gasteiger partial charge in [0.1, 0.15) is 5.75 Å². The Labute approximate surface area is 125 Å². The summed E-state index contributed by atoms with van der Waals surface area (Å²) in [6.07, 6.45) is -0.135. The fourth-order valence-electron chi connectivity index (χ4n) is 2.20. The molecule has 20 heavy (non-hydrogen) atoms. The molecule has 1 N–H and O–H groups in total. The Hall–Kier alpha value is -1.56. The first-order valence-corrected chi connectivity index (χ1v) is 7.21. The highest BCUT2D eigenvalue weighted by molar-refractivity contribution is 9.10. The summed E-state index contributed by atoms with van der Waals surface area (Å²) in [5.41, 5.74) is 0. The third kappa shape index (κ3) is 3.30. The summed E-state index contributed by atoms with van der Waals surface area (Å²) in [4.78, 5) is 24.7. The Morgan fingerprint density at radius 2 is 2.15 bits per heavy atom. The first-order valence-electron chi connectivity index (χ1n) is 6.42. The van der Waals surface area contributed by atoms with Crippen molar-refractivity contribution in [1.29, 1.82) is 0 Å². The summed E-state index contributed by atoms with van der Waals surface area (Å²) >= 11 is 3.36. The van der Waals surface area contributed by atoms with E-state index in [1.54, 1.807) is 17.9 Å². The average Bonchev–Trinajstić information content (AvgIpc) is 2.90. The lowest BCUT2D eigenvalue weighted by molar-refractivity contribution is -0.142. The summed E-state index contributed by atoms with van der Waals surface area (Å²) in [6, 6.07) is 7.30. The van der Waals surface area contributed by atoms with Gasteiger partial charge in [0.05, 0.1) is 10.4 Å². The number of carboxylic acids is 1. The van der Waals surface area contributed by atoms with Gasteiger partial charge in [0.2, 0.25) is 0 Å². The van der Waals surface area contributed by atoms with E-state index in [0.29, 0.717) is 18.7 Å². The topological polar surface area (TPSA) is 66.8 Å². The van der Waals surface area contributed by atoms with E-state index in [1.165, 1.54) is 0 Å². The number of likely N-dealkylation sites (tertiary alicyclic amines) is 1. The van der Waals surface area contributed by atoms with E-state index in [1.807, 2.05) is 18.2 Å². The zero-order valence-corrected chi connectivity index (χ0v) is 12.7. The van der Waals surface area contributed by atoms with Crippen LogP contribution in [-0.4, -0.2) is 41.1 Å². The number of ether oxygens (including phenoxy) is 1. The van der Waals surface area contributed by atoms with Crippen molar-refractivity contribution in [2.24, 2.45) is 5.92 Å². The zero-order chi connectivity index (χ0) is 14.7. The number of hydrogen-bond donors (Lipinski definition) is 1. The van der Waals surface area contributed by atoms with Crippen molar-refractivity contribution in [2.45, 2.75) is 19.4 Å². The number of carbonyl (C=O) groups is 2. The monoisotopic (exact) mass is 341 g/mol. The van der Waals surface area contributed by atoms with Gasteiger partial charge in [0.15, 0.2) is 6.10 Å². The van der Waals surface area contributed by atoms with Gasteiger partial charge >= 0.3 is 5.97 Å². The van der Waals surface area contributed by atoms with Crippen LogP contribution in [0.25, 0.3) is 0 Å². The molecule has 2 atom stereocenters. The maximum atomic E-state index is 12.2. The Balaban J connectivity index is 1.96. The molecule has 1 amide bonds. The van der Waals surface area contributed by atoms with Crippen molar-refractivity contribution in [3.8, 4) is 5.75 Å². The quantitative estimate of drug-likeness (QED) is 0.911. The van der Waals surface area contributed by atoms with Crippen molar-refractivity contribution < 1.29 is 19.4 Å². The molecule has 2 rings (SSSR count). The van der Waals surface area contributed by atoms with Gasteiger partial charge in [-0.15, -0.1) is 0 Å². The lowest BCUT2D eigenvalue weighted by atomic mass is 10.1. The van der Waals surface area contributed by atoms with Gasteiger partial charge in [0.25, 0.3) is 5.91 Å². The zero-order valence-electron chi connectivity index (χ0n) is 11.1. The van der Waals surface area contributed by atoms with Crippen molar-refractivity contribution >= 4 is 27.8 Å². The summed E-state index contributed by atoms with van der Waals surface area (Å²) in [5, 5.41) is 8.95. The number of hydrogen-bond acceptors (Lipinski definition) is 3. The highest BCUT2D eigenvalue weighted by Crippen LogP contribution is 2.26. The largest absolute Gasteiger partial charge is 0.481 e. The third-order valence-corrected chi connectivity index (χ3v) is 3.99. The number of carboxylic acid groups (broad SMARTS) is 1. The minimum atomic E-state index is -0.848. The fourth-order valence-corrected chi connectivity index (χ4v) is 2.58. The summed E-state index contributed by atoms with van der Waals surface area (Å²) in [6.45, 7) is 2.41. The van der Waals surface area contributed by atoms with Crippen LogP contribution in [0.4, 0.5) is 0 Å². The lowest BCUT2D eigenvalue weighted by Gasteiger charge is -2.21. The second-order valence-electron chi connectivity index (χ2n) is 4.80. The van der Waals surface area contributed by atoms with Crippen LogP contribution >= 0.6 is 15.9 Å². The minimum Gasteiger partial charge on any atom is -0.481 e. The normalized spacial score (nSPS) is 19.7. The first kappa shape index (κ1) is 14.8. The van der Waals surface area contributed by atoms with Gasteiger partial charge in [-0.1, -0.05) is 12.1 Å². The Bertz CT molecular complexity index is 520. The molecule has 1 aromatic rings. The smallest absolute Gasteiger partial charge is 0.308 e. The van der Waals surface area contributed by atoms with Crippen molar-refractivity contribution in [3.05, 3.63) is 28.7 Å². The molecule has 0 aromatic heterocycles.